The lowest BCUT2D eigenvalue weighted by Crippen LogP contribution is -2.29. The maximum absolute atomic E-state index is 13.1. The number of halogens is 1. The SMILES string of the molecule is Cn1cc(NC(=O)c2cc(NC(=O)c3cc(NC(=O)c4ccc(S(=O)CCCl)cc4)cn3C)cn2C)cc1C(=O)NCCN=C(N)N. The van der Waals surface area contributed by atoms with Crippen LogP contribution in [0.2, 0.25) is 0 Å². The fourth-order valence-corrected chi connectivity index (χ4v) is 5.80. The van der Waals surface area contributed by atoms with Crippen molar-refractivity contribution >= 4 is 69.1 Å². The van der Waals surface area contributed by atoms with Gasteiger partial charge in [0, 0.05) is 68.4 Å². The number of amides is 4. The second kappa shape index (κ2) is 15.3. The van der Waals surface area contributed by atoms with Crippen molar-refractivity contribution in [2.75, 3.05) is 40.7 Å². The minimum Gasteiger partial charge on any atom is -0.370 e. The van der Waals surface area contributed by atoms with Crippen LogP contribution in [-0.2, 0) is 31.9 Å². The average molecular weight is 683 g/mol. The summed E-state index contributed by atoms with van der Waals surface area (Å²) in [6.45, 7) is 0.461. The van der Waals surface area contributed by atoms with Gasteiger partial charge in [0.15, 0.2) is 5.96 Å². The van der Waals surface area contributed by atoms with E-state index in [2.05, 4.69) is 26.3 Å². The van der Waals surface area contributed by atoms with Crippen molar-refractivity contribution in [3.05, 3.63) is 83.7 Å². The summed E-state index contributed by atoms with van der Waals surface area (Å²) < 4.78 is 16.8. The van der Waals surface area contributed by atoms with Crippen LogP contribution in [0, 0.1) is 0 Å². The molecule has 3 heterocycles. The smallest absolute Gasteiger partial charge is 0.272 e. The van der Waals surface area contributed by atoms with Crippen molar-refractivity contribution in [2.45, 2.75) is 4.90 Å². The van der Waals surface area contributed by atoms with Gasteiger partial charge in [-0.2, -0.15) is 0 Å². The van der Waals surface area contributed by atoms with E-state index in [1.54, 1.807) is 77.7 Å². The monoisotopic (exact) mass is 682 g/mol. The minimum absolute atomic E-state index is 0.0686. The van der Waals surface area contributed by atoms with E-state index in [9.17, 15) is 23.4 Å². The van der Waals surface area contributed by atoms with E-state index in [4.69, 9.17) is 23.1 Å². The van der Waals surface area contributed by atoms with Gasteiger partial charge in [-0.1, -0.05) is 0 Å². The highest BCUT2D eigenvalue weighted by molar-refractivity contribution is 7.85. The average Bonchev–Trinajstić information content (AvgIpc) is 3.70. The fourth-order valence-electron chi connectivity index (χ4n) is 4.56. The molecule has 47 heavy (non-hydrogen) atoms. The molecule has 0 aliphatic carbocycles. The van der Waals surface area contributed by atoms with Crippen molar-refractivity contribution in [1.29, 1.82) is 0 Å². The molecule has 3 aromatic heterocycles. The van der Waals surface area contributed by atoms with Crippen LogP contribution in [0.25, 0.3) is 0 Å². The highest BCUT2D eigenvalue weighted by Gasteiger charge is 2.19. The third-order valence-electron chi connectivity index (χ3n) is 6.82. The first-order valence-corrected chi connectivity index (χ1v) is 16.0. The number of hydrogen-bond acceptors (Lipinski definition) is 6. The number of carbonyl (C=O) groups is 4. The Balaban J connectivity index is 1.36. The number of benzene rings is 1. The molecule has 0 aliphatic rings. The molecule has 4 rings (SSSR count). The maximum atomic E-state index is 13.1. The Morgan fingerprint density at radius 3 is 1.64 bits per heavy atom. The first kappa shape index (κ1) is 34.5. The van der Waals surface area contributed by atoms with Gasteiger partial charge in [-0.15, -0.1) is 11.6 Å². The molecule has 4 aromatic rings. The number of carbonyl (C=O) groups excluding carboxylic acids is 4. The van der Waals surface area contributed by atoms with Gasteiger partial charge in [0.2, 0.25) is 0 Å². The first-order chi connectivity index (χ1) is 22.4. The summed E-state index contributed by atoms with van der Waals surface area (Å²) in [5.41, 5.74) is 12.9. The molecule has 0 fully saturated rings. The second-order valence-electron chi connectivity index (χ2n) is 10.4. The fraction of sp³-hybridized carbons (Fsp3) is 0.233. The van der Waals surface area contributed by atoms with Crippen molar-refractivity contribution in [2.24, 2.45) is 37.6 Å². The molecular formula is C30H35ClN10O5S. The topological polar surface area (TPSA) is 213 Å². The van der Waals surface area contributed by atoms with Gasteiger partial charge in [0.1, 0.15) is 17.1 Å². The van der Waals surface area contributed by atoms with Crippen LogP contribution in [0.5, 0.6) is 0 Å². The van der Waals surface area contributed by atoms with Gasteiger partial charge in [-0.25, -0.2) is 0 Å². The van der Waals surface area contributed by atoms with Crippen LogP contribution in [0.3, 0.4) is 0 Å². The van der Waals surface area contributed by atoms with E-state index in [-0.39, 0.29) is 42.2 Å². The van der Waals surface area contributed by atoms with E-state index in [1.165, 1.54) is 18.2 Å². The largest absolute Gasteiger partial charge is 0.370 e. The third kappa shape index (κ3) is 8.89. The van der Waals surface area contributed by atoms with E-state index in [0.717, 1.165) is 0 Å². The molecular weight excluding hydrogens is 648 g/mol. The number of rotatable bonds is 13. The van der Waals surface area contributed by atoms with Crippen LogP contribution >= 0.6 is 11.6 Å². The lowest BCUT2D eigenvalue weighted by atomic mass is 10.2. The number of guanidine groups is 1. The quantitative estimate of drug-likeness (QED) is 0.0532. The number of aryl methyl sites for hydroxylation is 3. The molecule has 248 valence electrons. The molecule has 1 unspecified atom stereocenters. The Hall–Kier alpha value is -5.35. The summed E-state index contributed by atoms with van der Waals surface area (Å²) in [5.74, 6) is -1.16. The number of nitrogens with one attached hydrogen (secondary N) is 4. The maximum Gasteiger partial charge on any atom is 0.272 e. The van der Waals surface area contributed by atoms with Crippen molar-refractivity contribution < 1.29 is 23.4 Å². The number of aromatic nitrogens is 3. The van der Waals surface area contributed by atoms with Crippen molar-refractivity contribution in [3.63, 3.8) is 0 Å². The predicted octanol–water partition coefficient (Wildman–Crippen LogP) is 1.81. The molecule has 0 spiro atoms. The summed E-state index contributed by atoms with van der Waals surface area (Å²) in [4.78, 5) is 55.9. The molecule has 4 amide bonds. The number of alkyl halides is 1. The Bertz CT molecular complexity index is 1850. The van der Waals surface area contributed by atoms with Gasteiger partial charge in [-0.3, -0.25) is 28.4 Å². The minimum atomic E-state index is -1.24. The summed E-state index contributed by atoms with van der Waals surface area (Å²) in [5, 5.41) is 11.0. The Morgan fingerprint density at radius 1 is 0.745 bits per heavy atom. The molecule has 0 aliphatic heterocycles. The number of anilines is 3. The van der Waals surface area contributed by atoms with Crippen molar-refractivity contribution in [3.8, 4) is 0 Å². The van der Waals surface area contributed by atoms with Gasteiger partial charge in [0.25, 0.3) is 23.6 Å². The standard InChI is InChI=1S/C30H35ClN10O5S/c1-39-16-20(12-23(39)27(43)34-9-10-35-30(32)33)37-29(45)25-14-21(17-41(25)3)38-28(44)24-13-19(15-40(24)2)36-26(42)18-4-6-22(7-5-18)47(46)11-8-31/h4-7,12-17H,8-11H2,1-3H3,(H,34,43)(H,36,42)(H,37,45)(H,38,44)(H4,32,33,35). The van der Waals surface area contributed by atoms with Crippen LogP contribution in [-0.4, -0.2) is 72.2 Å². The van der Waals surface area contributed by atoms with Crippen LogP contribution in [0.4, 0.5) is 17.1 Å². The highest BCUT2D eigenvalue weighted by atomic mass is 35.5. The van der Waals surface area contributed by atoms with E-state index in [1.807, 2.05) is 0 Å². The summed E-state index contributed by atoms with van der Waals surface area (Å²) in [7, 11) is 3.75. The van der Waals surface area contributed by atoms with E-state index >= 15 is 0 Å². The molecule has 1 atom stereocenters. The van der Waals surface area contributed by atoms with Crippen LogP contribution < -0.4 is 32.7 Å². The number of nitrogens with two attached hydrogens (primary N) is 2. The van der Waals surface area contributed by atoms with Gasteiger partial charge < -0.3 is 46.4 Å². The molecule has 0 saturated heterocycles. The van der Waals surface area contributed by atoms with Crippen LogP contribution in [0.15, 0.2) is 70.9 Å². The van der Waals surface area contributed by atoms with E-state index < -0.39 is 28.5 Å². The zero-order valence-corrected chi connectivity index (χ0v) is 27.4. The zero-order chi connectivity index (χ0) is 34.2. The predicted molar refractivity (Wildman–Crippen MR) is 182 cm³/mol. The van der Waals surface area contributed by atoms with Crippen LogP contribution in [0.1, 0.15) is 41.8 Å². The second-order valence-corrected chi connectivity index (χ2v) is 12.3. The van der Waals surface area contributed by atoms with Gasteiger partial charge in [-0.05, 0) is 42.5 Å². The lowest BCUT2D eigenvalue weighted by Gasteiger charge is -2.04. The Labute approximate surface area is 277 Å². The highest BCUT2D eigenvalue weighted by Crippen LogP contribution is 2.20. The lowest BCUT2D eigenvalue weighted by molar-refractivity contribution is 0.0944. The number of aliphatic imine (C=N–C) groups is 1. The summed E-state index contributed by atoms with van der Waals surface area (Å²) >= 11 is 5.66. The molecule has 8 N–H and O–H groups in total. The summed E-state index contributed by atoms with van der Waals surface area (Å²) in [6, 6.07) is 11.0. The number of hydrogen-bond donors (Lipinski definition) is 6. The molecule has 0 radical (unpaired) electrons. The molecule has 0 bridgehead atoms. The van der Waals surface area contributed by atoms with Crippen molar-refractivity contribution in [1.82, 2.24) is 19.0 Å². The van der Waals surface area contributed by atoms with Gasteiger partial charge >= 0.3 is 0 Å². The third-order valence-corrected chi connectivity index (χ3v) is 8.61. The molecule has 17 heteroatoms. The zero-order valence-electron chi connectivity index (χ0n) is 25.9. The molecule has 15 nitrogen and oxygen atoms in total. The number of nitrogens with zero attached hydrogens (tertiary/aromatic N) is 4. The Kier molecular flexibility index (Phi) is 11.2. The van der Waals surface area contributed by atoms with Gasteiger partial charge in [0.05, 0.1) is 34.4 Å². The summed E-state index contributed by atoms with van der Waals surface area (Å²) in [6.07, 6.45) is 4.78. The normalized spacial score (nSPS) is 11.4. The molecule has 0 saturated carbocycles. The molecule has 1 aromatic carbocycles. The first-order valence-electron chi connectivity index (χ1n) is 14.2. The Morgan fingerprint density at radius 2 is 1.19 bits per heavy atom. The van der Waals surface area contributed by atoms with E-state index in [0.29, 0.717) is 39.0 Å².